The minimum atomic E-state index is -0.746. The maximum atomic E-state index is 13.0. The van der Waals surface area contributed by atoms with Crippen LogP contribution in [0.3, 0.4) is 0 Å². The molecule has 3 aromatic rings. The number of carbonyl (C=O) groups is 2. The molecule has 0 bridgehead atoms. The van der Waals surface area contributed by atoms with Crippen LogP contribution < -0.4 is 15.1 Å². The van der Waals surface area contributed by atoms with Crippen molar-refractivity contribution in [3.63, 3.8) is 0 Å². The summed E-state index contributed by atoms with van der Waals surface area (Å²) >= 11 is 0. The zero-order valence-corrected chi connectivity index (χ0v) is 19.0. The molecule has 1 saturated heterocycles. The van der Waals surface area contributed by atoms with Crippen LogP contribution >= 0.6 is 0 Å². The van der Waals surface area contributed by atoms with Gasteiger partial charge in [0.25, 0.3) is 5.91 Å². The van der Waals surface area contributed by atoms with Crippen molar-refractivity contribution in [2.24, 2.45) is 0 Å². The second-order valence-electron chi connectivity index (χ2n) is 8.58. The smallest absolute Gasteiger partial charge is 0.340 e. The molecule has 2 N–H and O–H groups in total. The van der Waals surface area contributed by atoms with Crippen molar-refractivity contribution in [3.05, 3.63) is 57.9 Å². The molecule has 2 aliphatic rings. The first kappa shape index (κ1) is 22.6. The number of aromatic hydroxyl groups is 2. The summed E-state index contributed by atoms with van der Waals surface area (Å²) in [5.41, 5.74) is -0.0826. The van der Waals surface area contributed by atoms with Gasteiger partial charge in [-0.3, -0.25) is 9.59 Å². The fourth-order valence-corrected chi connectivity index (χ4v) is 4.50. The number of phenols is 2. The van der Waals surface area contributed by atoms with E-state index in [9.17, 15) is 24.6 Å². The monoisotopic (exact) mass is 480 g/mol. The molecule has 35 heavy (non-hydrogen) atoms. The highest BCUT2D eigenvalue weighted by molar-refractivity contribution is 5.90. The van der Waals surface area contributed by atoms with E-state index in [2.05, 4.69) is 0 Å². The van der Waals surface area contributed by atoms with Crippen molar-refractivity contribution in [2.75, 3.05) is 32.8 Å². The fourth-order valence-electron chi connectivity index (χ4n) is 4.50. The Hall–Kier alpha value is -4.21. The first-order valence-electron chi connectivity index (χ1n) is 11.2. The molecule has 1 aromatic heterocycles. The number of fused-ring (bicyclic) bond motifs is 2. The predicted molar refractivity (Wildman–Crippen MR) is 124 cm³/mol. The van der Waals surface area contributed by atoms with Gasteiger partial charge in [0.05, 0.1) is 17.4 Å². The van der Waals surface area contributed by atoms with Crippen LogP contribution in [-0.4, -0.2) is 70.7 Å². The van der Waals surface area contributed by atoms with Gasteiger partial charge in [-0.2, -0.15) is 0 Å². The molecule has 0 spiro atoms. The normalized spacial score (nSPS) is 17.5. The van der Waals surface area contributed by atoms with Gasteiger partial charge < -0.3 is 33.9 Å². The van der Waals surface area contributed by atoms with Crippen LogP contribution in [0.5, 0.6) is 23.0 Å². The number of carbonyl (C=O) groups excluding carboxylic acids is 2. The van der Waals surface area contributed by atoms with E-state index in [1.807, 2.05) is 12.1 Å². The number of para-hydroxylation sites is 2. The first-order valence-corrected chi connectivity index (χ1v) is 11.2. The average molecular weight is 480 g/mol. The van der Waals surface area contributed by atoms with Crippen LogP contribution in [0.1, 0.15) is 11.1 Å². The van der Waals surface area contributed by atoms with Crippen LogP contribution in [0.15, 0.2) is 45.6 Å². The number of rotatable bonds is 3. The van der Waals surface area contributed by atoms with Gasteiger partial charge in [-0.25, -0.2) is 4.79 Å². The SMILES string of the molecule is Cc1c(CC(=O)N2CCN(C(=O)[C@H]3COc4ccccc4O3)CC2)c(=O)oc2cc(O)cc(O)c12. The number of nitrogens with zero attached hydrogens (tertiary/aromatic N) is 2. The van der Waals surface area contributed by atoms with Crippen molar-refractivity contribution in [1.29, 1.82) is 0 Å². The Kier molecular flexibility index (Phi) is 5.72. The van der Waals surface area contributed by atoms with Crippen LogP contribution in [-0.2, 0) is 16.0 Å². The van der Waals surface area contributed by atoms with Crippen molar-refractivity contribution in [3.8, 4) is 23.0 Å². The molecule has 2 amide bonds. The quantitative estimate of drug-likeness (QED) is 0.541. The molecular weight excluding hydrogens is 456 g/mol. The van der Waals surface area contributed by atoms with E-state index in [4.69, 9.17) is 13.9 Å². The molecule has 10 heteroatoms. The molecule has 0 saturated carbocycles. The van der Waals surface area contributed by atoms with Gasteiger partial charge in [-0.05, 0) is 24.6 Å². The zero-order valence-electron chi connectivity index (χ0n) is 19.0. The third kappa shape index (κ3) is 4.23. The van der Waals surface area contributed by atoms with Gasteiger partial charge in [-0.15, -0.1) is 0 Å². The molecule has 1 atom stereocenters. The lowest BCUT2D eigenvalue weighted by Gasteiger charge is -2.37. The third-order valence-electron chi connectivity index (χ3n) is 6.40. The van der Waals surface area contributed by atoms with Gasteiger partial charge in [0, 0.05) is 38.3 Å². The molecular formula is C25H24N2O8. The van der Waals surface area contributed by atoms with E-state index >= 15 is 0 Å². The number of benzene rings is 2. The van der Waals surface area contributed by atoms with Gasteiger partial charge in [0.2, 0.25) is 12.0 Å². The Balaban J connectivity index is 1.23. The number of piperazine rings is 1. The van der Waals surface area contributed by atoms with E-state index in [0.717, 1.165) is 6.07 Å². The van der Waals surface area contributed by atoms with Crippen molar-refractivity contribution < 1.29 is 33.7 Å². The Labute approximate surface area is 199 Å². The summed E-state index contributed by atoms with van der Waals surface area (Å²) in [6.45, 7) is 3.03. The van der Waals surface area contributed by atoms with E-state index in [1.54, 1.807) is 28.9 Å². The minimum absolute atomic E-state index is 0.0462. The maximum Gasteiger partial charge on any atom is 0.340 e. The molecule has 182 valence electrons. The van der Waals surface area contributed by atoms with Crippen LogP contribution in [0.2, 0.25) is 0 Å². The molecule has 10 nitrogen and oxygen atoms in total. The third-order valence-corrected chi connectivity index (χ3v) is 6.40. The Morgan fingerprint density at radius 3 is 2.46 bits per heavy atom. The van der Waals surface area contributed by atoms with Crippen molar-refractivity contribution in [1.82, 2.24) is 9.80 Å². The molecule has 2 aromatic carbocycles. The number of aryl methyl sites for hydroxylation is 1. The Bertz CT molecular complexity index is 1370. The standard InChI is InChI=1S/C25H24N2O8/c1-14-16(25(32)35-20-11-15(28)10-17(29)23(14)20)12-22(30)26-6-8-27(9-7-26)24(31)21-13-33-18-4-2-3-5-19(18)34-21/h2-5,10-11,21,28-29H,6-9,12-13H2,1H3/t21-/m1/s1. The van der Waals surface area contributed by atoms with Gasteiger partial charge in [-0.1, -0.05) is 12.1 Å². The number of hydrogen-bond donors (Lipinski definition) is 2. The lowest BCUT2D eigenvalue weighted by molar-refractivity contribution is -0.146. The minimum Gasteiger partial charge on any atom is -0.508 e. The second kappa shape index (κ2) is 8.86. The van der Waals surface area contributed by atoms with E-state index in [-0.39, 0.29) is 52.9 Å². The highest BCUT2D eigenvalue weighted by atomic mass is 16.6. The van der Waals surface area contributed by atoms with E-state index in [1.165, 1.54) is 6.07 Å². The molecule has 5 rings (SSSR count). The summed E-state index contributed by atoms with van der Waals surface area (Å²) in [4.78, 5) is 41.6. The largest absolute Gasteiger partial charge is 0.508 e. The Morgan fingerprint density at radius 1 is 1.03 bits per heavy atom. The zero-order chi connectivity index (χ0) is 24.7. The summed E-state index contributed by atoms with van der Waals surface area (Å²) < 4.78 is 16.7. The fraction of sp³-hybridized carbons (Fsp3) is 0.320. The summed E-state index contributed by atoms with van der Waals surface area (Å²) in [5.74, 6) is 0.178. The van der Waals surface area contributed by atoms with Crippen molar-refractivity contribution in [2.45, 2.75) is 19.4 Å². The van der Waals surface area contributed by atoms with Gasteiger partial charge in [0.1, 0.15) is 23.7 Å². The highest BCUT2D eigenvalue weighted by Crippen LogP contribution is 2.33. The highest BCUT2D eigenvalue weighted by Gasteiger charge is 2.33. The second-order valence-corrected chi connectivity index (χ2v) is 8.58. The summed E-state index contributed by atoms with van der Waals surface area (Å²) in [5, 5.41) is 20.1. The predicted octanol–water partition coefficient (Wildman–Crippen LogP) is 1.57. The summed E-state index contributed by atoms with van der Waals surface area (Å²) in [7, 11) is 0. The molecule has 0 unspecified atom stereocenters. The lowest BCUT2D eigenvalue weighted by Crippen LogP contribution is -2.55. The van der Waals surface area contributed by atoms with Gasteiger partial charge in [0.15, 0.2) is 11.5 Å². The first-order chi connectivity index (χ1) is 16.8. The molecule has 3 heterocycles. The summed E-state index contributed by atoms with van der Waals surface area (Å²) in [6.07, 6.45) is -0.946. The molecule has 2 aliphatic heterocycles. The van der Waals surface area contributed by atoms with E-state index in [0.29, 0.717) is 43.2 Å². The van der Waals surface area contributed by atoms with Crippen LogP contribution in [0.4, 0.5) is 0 Å². The van der Waals surface area contributed by atoms with E-state index < -0.39 is 11.7 Å². The Morgan fingerprint density at radius 2 is 1.71 bits per heavy atom. The van der Waals surface area contributed by atoms with Crippen molar-refractivity contribution >= 4 is 22.8 Å². The van der Waals surface area contributed by atoms with Crippen LogP contribution in [0.25, 0.3) is 11.0 Å². The van der Waals surface area contributed by atoms with Crippen LogP contribution in [0, 0.1) is 6.92 Å². The topological polar surface area (TPSA) is 130 Å². The number of ether oxygens (including phenoxy) is 2. The molecule has 1 fully saturated rings. The summed E-state index contributed by atoms with van der Waals surface area (Å²) in [6, 6.07) is 9.56. The molecule has 0 radical (unpaired) electrons. The molecule has 0 aliphatic carbocycles. The number of phenolic OH excluding ortho intramolecular Hbond substituents is 2. The lowest BCUT2D eigenvalue weighted by atomic mass is 10.0. The number of amides is 2. The number of hydrogen-bond acceptors (Lipinski definition) is 8. The maximum absolute atomic E-state index is 13.0. The van der Waals surface area contributed by atoms with Gasteiger partial charge >= 0.3 is 5.63 Å². The average Bonchev–Trinajstić information content (AvgIpc) is 2.85.